The van der Waals surface area contributed by atoms with Gasteiger partial charge in [0.1, 0.15) is 0 Å². The third-order valence-electron chi connectivity index (χ3n) is 1.73. The van der Waals surface area contributed by atoms with Crippen LogP contribution in [-0.2, 0) is 0 Å². The van der Waals surface area contributed by atoms with Crippen LogP contribution in [0.1, 0.15) is 39.5 Å². The molecule has 0 aliphatic carbocycles. The lowest BCUT2D eigenvalue weighted by Crippen LogP contribution is -1.99. The Balaban J connectivity index is 3.39. The van der Waals surface area contributed by atoms with E-state index in [1.54, 1.807) is 6.21 Å². The first-order valence-corrected chi connectivity index (χ1v) is 4.02. The van der Waals surface area contributed by atoms with Crippen LogP contribution in [0.25, 0.3) is 0 Å². The highest BCUT2D eigenvalue weighted by Crippen LogP contribution is 2.09. The van der Waals surface area contributed by atoms with Crippen molar-refractivity contribution in [2.24, 2.45) is 11.1 Å². The van der Waals surface area contributed by atoms with Crippen molar-refractivity contribution in [3.05, 3.63) is 0 Å². The fourth-order valence-electron chi connectivity index (χ4n) is 0.945. The molecule has 0 aliphatic rings. The molecule has 0 aromatic carbocycles. The van der Waals surface area contributed by atoms with Crippen LogP contribution in [0.15, 0.2) is 5.16 Å². The van der Waals surface area contributed by atoms with E-state index in [0.29, 0.717) is 5.92 Å². The second-order valence-corrected chi connectivity index (χ2v) is 2.58. The summed E-state index contributed by atoms with van der Waals surface area (Å²) in [4.78, 5) is 0. The molecule has 0 saturated heterocycles. The highest BCUT2D eigenvalue weighted by Gasteiger charge is 2.00. The molecule has 60 valence electrons. The lowest BCUT2D eigenvalue weighted by atomic mass is 10.0. The summed E-state index contributed by atoms with van der Waals surface area (Å²) >= 11 is 0. The highest BCUT2D eigenvalue weighted by atomic mass is 16.4. The largest absolute Gasteiger partial charge is 0.411 e. The number of hydrogen-bond acceptors (Lipinski definition) is 2. The third kappa shape index (κ3) is 4.36. The first-order valence-electron chi connectivity index (χ1n) is 4.02. The van der Waals surface area contributed by atoms with Gasteiger partial charge in [0, 0.05) is 6.21 Å². The average molecular weight is 143 g/mol. The normalized spacial score (nSPS) is 14.2. The fourth-order valence-corrected chi connectivity index (χ4v) is 0.945. The molecule has 1 atom stereocenters. The van der Waals surface area contributed by atoms with E-state index in [9.17, 15) is 0 Å². The van der Waals surface area contributed by atoms with Crippen molar-refractivity contribution < 1.29 is 5.21 Å². The molecule has 0 aromatic heterocycles. The molecule has 0 radical (unpaired) electrons. The van der Waals surface area contributed by atoms with Gasteiger partial charge in [-0.05, 0) is 18.8 Å². The molecule has 0 aliphatic heterocycles. The lowest BCUT2D eigenvalue weighted by molar-refractivity contribution is 0.317. The SMILES string of the molecule is CCCCC(C=NO)CC. The van der Waals surface area contributed by atoms with Crippen molar-refractivity contribution >= 4 is 6.21 Å². The van der Waals surface area contributed by atoms with Gasteiger partial charge in [-0.15, -0.1) is 5.16 Å². The summed E-state index contributed by atoms with van der Waals surface area (Å²) in [7, 11) is 0. The molecule has 0 amide bonds. The summed E-state index contributed by atoms with van der Waals surface area (Å²) in [5.41, 5.74) is 0. The molecule has 0 saturated carbocycles. The zero-order chi connectivity index (χ0) is 7.82. The maximum Gasteiger partial charge on any atom is 0.0466 e. The van der Waals surface area contributed by atoms with E-state index in [1.807, 2.05) is 0 Å². The van der Waals surface area contributed by atoms with Gasteiger partial charge in [0.25, 0.3) is 0 Å². The van der Waals surface area contributed by atoms with Gasteiger partial charge in [0.2, 0.25) is 0 Å². The van der Waals surface area contributed by atoms with Crippen molar-refractivity contribution in [3.8, 4) is 0 Å². The van der Waals surface area contributed by atoms with Gasteiger partial charge in [-0.3, -0.25) is 0 Å². The molecule has 2 nitrogen and oxygen atoms in total. The lowest BCUT2D eigenvalue weighted by Gasteiger charge is -2.05. The van der Waals surface area contributed by atoms with Crippen LogP contribution in [0.4, 0.5) is 0 Å². The third-order valence-corrected chi connectivity index (χ3v) is 1.73. The van der Waals surface area contributed by atoms with Crippen LogP contribution in [0, 0.1) is 5.92 Å². The summed E-state index contributed by atoms with van der Waals surface area (Å²) in [6.45, 7) is 4.28. The topological polar surface area (TPSA) is 32.6 Å². The molecule has 10 heavy (non-hydrogen) atoms. The summed E-state index contributed by atoms with van der Waals surface area (Å²) in [5.74, 6) is 0.477. The molecule has 1 N–H and O–H groups in total. The molecular weight excluding hydrogens is 126 g/mol. The van der Waals surface area contributed by atoms with Gasteiger partial charge in [0.15, 0.2) is 0 Å². The van der Waals surface area contributed by atoms with Gasteiger partial charge in [-0.1, -0.05) is 26.7 Å². The minimum atomic E-state index is 0.477. The summed E-state index contributed by atoms with van der Waals surface area (Å²) in [6.07, 6.45) is 6.30. The average Bonchev–Trinajstić information content (AvgIpc) is 1.98. The van der Waals surface area contributed by atoms with Gasteiger partial charge < -0.3 is 5.21 Å². The molecule has 0 bridgehead atoms. The van der Waals surface area contributed by atoms with Crippen LogP contribution in [-0.4, -0.2) is 11.4 Å². The van der Waals surface area contributed by atoms with Gasteiger partial charge in [-0.25, -0.2) is 0 Å². The molecule has 1 unspecified atom stereocenters. The summed E-state index contributed by atoms with van der Waals surface area (Å²) in [6, 6.07) is 0. The zero-order valence-electron chi connectivity index (χ0n) is 6.88. The molecule has 0 aromatic rings. The van der Waals surface area contributed by atoms with E-state index in [1.165, 1.54) is 12.8 Å². The Kier molecular flexibility index (Phi) is 6.24. The van der Waals surface area contributed by atoms with E-state index in [2.05, 4.69) is 19.0 Å². The Bertz CT molecular complexity index is 91.3. The van der Waals surface area contributed by atoms with Crippen molar-refractivity contribution in [1.82, 2.24) is 0 Å². The predicted octanol–water partition coefficient (Wildman–Crippen LogP) is 2.66. The Hall–Kier alpha value is -0.530. The van der Waals surface area contributed by atoms with Crippen molar-refractivity contribution in [1.29, 1.82) is 0 Å². The van der Waals surface area contributed by atoms with E-state index in [0.717, 1.165) is 12.8 Å². The Morgan fingerprint density at radius 3 is 2.60 bits per heavy atom. The molecule has 0 rings (SSSR count). The maximum atomic E-state index is 8.24. The van der Waals surface area contributed by atoms with Gasteiger partial charge in [-0.2, -0.15) is 0 Å². The fraction of sp³-hybridized carbons (Fsp3) is 0.875. The molecule has 0 fully saturated rings. The highest BCUT2D eigenvalue weighted by molar-refractivity contribution is 5.59. The second kappa shape index (κ2) is 6.59. The number of nitrogens with zero attached hydrogens (tertiary/aromatic N) is 1. The maximum absolute atomic E-state index is 8.24. The van der Waals surface area contributed by atoms with Crippen molar-refractivity contribution in [3.63, 3.8) is 0 Å². The van der Waals surface area contributed by atoms with Crippen molar-refractivity contribution in [2.45, 2.75) is 39.5 Å². The number of oxime groups is 1. The van der Waals surface area contributed by atoms with E-state index in [4.69, 9.17) is 5.21 Å². The van der Waals surface area contributed by atoms with Crippen LogP contribution >= 0.6 is 0 Å². The first-order chi connectivity index (χ1) is 4.85. The summed E-state index contributed by atoms with van der Waals surface area (Å²) < 4.78 is 0. The quantitative estimate of drug-likeness (QED) is 0.358. The van der Waals surface area contributed by atoms with E-state index >= 15 is 0 Å². The van der Waals surface area contributed by atoms with Crippen LogP contribution < -0.4 is 0 Å². The van der Waals surface area contributed by atoms with Crippen LogP contribution in [0.3, 0.4) is 0 Å². The number of unbranched alkanes of at least 4 members (excludes halogenated alkanes) is 1. The Labute approximate surface area is 62.9 Å². The van der Waals surface area contributed by atoms with E-state index < -0.39 is 0 Å². The smallest absolute Gasteiger partial charge is 0.0466 e. The molecule has 0 heterocycles. The second-order valence-electron chi connectivity index (χ2n) is 2.58. The molecule has 0 spiro atoms. The number of rotatable bonds is 5. The number of hydrogen-bond donors (Lipinski definition) is 1. The molecule has 2 heteroatoms. The van der Waals surface area contributed by atoms with Gasteiger partial charge in [0.05, 0.1) is 0 Å². The van der Waals surface area contributed by atoms with E-state index in [-0.39, 0.29) is 0 Å². The monoisotopic (exact) mass is 143 g/mol. The zero-order valence-corrected chi connectivity index (χ0v) is 6.88. The van der Waals surface area contributed by atoms with Gasteiger partial charge >= 0.3 is 0 Å². The van der Waals surface area contributed by atoms with Crippen LogP contribution in [0.2, 0.25) is 0 Å². The van der Waals surface area contributed by atoms with Crippen LogP contribution in [0.5, 0.6) is 0 Å². The Morgan fingerprint density at radius 2 is 2.20 bits per heavy atom. The first kappa shape index (κ1) is 9.47. The Morgan fingerprint density at radius 1 is 1.50 bits per heavy atom. The summed E-state index contributed by atoms with van der Waals surface area (Å²) in [5, 5.41) is 11.3. The predicted molar refractivity (Wildman–Crippen MR) is 43.6 cm³/mol. The minimum absolute atomic E-state index is 0.477. The standard InChI is InChI=1S/C8H17NO/c1-3-5-6-8(4-2)7-9-10/h7-8,10H,3-6H2,1-2H3. The minimum Gasteiger partial charge on any atom is -0.411 e. The van der Waals surface area contributed by atoms with Crippen molar-refractivity contribution in [2.75, 3.05) is 0 Å². The molecular formula is C8H17NO.